The Bertz CT molecular complexity index is 881. The molecule has 1 aromatic rings. The second-order valence-electron chi connectivity index (χ2n) is 8.42. The average molecular weight is 379 g/mol. The van der Waals surface area contributed by atoms with Gasteiger partial charge in [0.1, 0.15) is 0 Å². The molecule has 1 spiro atoms. The van der Waals surface area contributed by atoms with Crippen LogP contribution >= 0.6 is 0 Å². The van der Waals surface area contributed by atoms with Gasteiger partial charge >= 0.3 is 6.03 Å². The van der Waals surface area contributed by atoms with Crippen LogP contribution in [-0.2, 0) is 0 Å². The van der Waals surface area contributed by atoms with Crippen molar-refractivity contribution in [2.24, 2.45) is 10.4 Å². The van der Waals surface area contributed by atoms with Gasteiger partial charge < -0.3 is 15.1 Å². The molecule has 2 fully saturated rings. The van der Waals surface area contributed by atoms with Crippen LogP contribution in [0.2, 0.25) is 0 Å². The summed E-state index contributed by atoms with van der Waals surface area (Å²) in [5.41, 5.74) is 1.36. The molecule has 0 saturated carbocycles. The molecule has 5 rings (SSSR count). The molecule has 146 valence electrons. The van der Waals surface area contributed by atoms with Crippen LogP contribution in [0.15, 0.2) is 41.4 Å². The van der Waals surface area contributed by atoms with Crippen LogP contribution < -0.4 is 10.2 Å². The summed E-state index contributed by atoms with van der Waals surface area (Å²) in [6.45, 7) is 3.66. The summed E-state index contributed by atoms with van der Waals surface area (Å²) in [6.07, 6.45) is 7.13. The number of rotatable bonds is 0. The molecule has 1 aromatic carbocycles. The fourth-order valence-electron chi connectivity index (χ4n) is 5.06. The molecular formula is C21H25N5O2. The summed E-state index contributed by atoms with van der Waals surface area (Å²) < 4.78 is 0. The number of urea groups is 1. The lowest BCUT2D eigenvalue weighted by atomic mass is 9.86. The number of para-hydroxylation sites is 1. The van der Waals surface area contributed by atoms with Crippen molar-refractivity contribution in [1.29, 1.82) is 0 Å². The third-order valence-electron chi connectivity index (χ3n) is 6.48. The van der Waals surface area contributed by atoms with Gasteiger partial charge in [0.15, 0.2) is 6.17 Å². The molecule has 4 aliphatic rings. The summed E-state index contributed by atoms with van der Waals surface area (Å²) in [7, 11) is 2.15. The van der Waals surface area contributed by atoms with Crippen molar-refractivity contribution in [2.45, 2.75) is 25.0 Å². The molecule has 2 saturated heterocycles. The van der Waals surface area contributed by atoms with E-state index in [1.807, 2.05) is 35.3 Å². The number of likely N-dealkylation sites (tertiary alicyclic amines) is 2. The summed E-state index contributed by atoms with van der Waals surface area (Å²) in [5.74, 6) is -0.169. The average Bonchev–Trinajstić information content (AvgIpc) is 3.25. The van der Waals surface area contributed by atoms with Crippen molar-refractivity contribution < 1.29 is 9.59 Å². The minimum absolute atomic E-state index is 0.0576. The molecule has 0 radical (unpaired) electrons. The van der Waals surface area contributed by atoms with Gasteiger partial charge in [-0.1, -0.05) is 18.2 Å². The Balaban J connectivity index is 1.50. The highest BCUT2D eigenvalue weighted by atomic mass is 16.2. The summed E-state index contributed by atoms with van der Waals surface area (Å²) in [4.78, 5) is 37.0. The number of allylic oxidation sites excluding steroid dienone is 1. The van der Waals surface area contributed by atoms with Crippen molar-refractivity contribution in [3.05, 3.63) is 42.0 Å². The molecule has 4 heterocycles. The lowest BCUT2D eigenvalue weighted by Crippen LogP contribution is -2.54. The van der Waals surface area contributed by atoms with Crippen molar-refractivity contribution >= 4 is 23.8 Å². The SMILES string of the molecule is CN1CCC2(CCN(C(=O)N3c4ccccc4C(=O)NC4C=CC=NC43)C2)C1. The van der Waals surface area contributed by atoms with Crippen LogP contribution in [0, 0.1) is 5.41 Å². The van der Waals surface area contributed by atoms with E-state index in [0.717, 1.165) is 39.0 Å². The topological polar surface area (TPSA) is 68.2 Å². The maximum atomic E-state index is 13.7. The zero-order valence-electron chi connectivity index (χ0n) is 16.0. The number of hydrogen-bond donors (Lipinski definition) is 1. The fraction of sp³-hybridized carbons (Fsp3) is 0.476. The zero-order valence-corrected chi connectivity index (χ0v) is 16.0. The van der Waals surface area contributed by atoms with Gasteiger partial charge in [-0.2, -0.15) is 0 Å². The zero-order chi connectivity index (χ0) is 19.3. The lowest BCUT2D eigenvalue weighted by molar-refractivity contribution is 0.0944. The largest absolute Gasteiger partial charge is 0.342 e. The number of nitrogens with zero attached hydrogens (tertiary/aromatic N) is 4. The Kier molecular flexibility index (Phi) is 4.01. The second-order valence-corrected chi connectivity index (χ2v) is 8.42. The smallest absolute Gasteiger partial charge is 0.326 e. The quantitative estimate of drug-likeness (QED) is 0.746. The first-order chi connectivity index (χ1) is 13.6. The number of fused-ring (bicyclic) bond motifs is 2. The van der Waals surface area contributed by atoms with E-state index in [4.69, 9.17) is 0 Å². The van der Waals surface area contributed by atoms with Crippen molar-refractivity contribution in [1.82, 2.24) is 15.1 Å². The minimum atomic E-state index is -0.465. The number of carbonyl (C=O) groups excluding carboxylic acids is 2. The normalized spacial score (nSPS) is 31.7. The monoisotopic (exact) mass is 379 g/mol. The Morgan fingerprint density at radius 1 is 1.21 bits per heavy atom. The van der Waals surface area contributed by atoms with E-state index >= 15 is 0 Å². The number of nitrogens with one attached hydrogen (secondary N) is 1. The standard InChI is InChI=1S/C21H25N5O2/c1-24-11-8-21(13-24)9-12-25(14-21)20(28)26-17-7-3-2-5-15(17)19(27)23-16-6-4-10-22-18(16)26/h2-7,10,16,18H,8-9,11-14H2,1H3,(H,23,27). The highest BCUT2D eigenvalue weighted by molar-refractivity contribution is 6.06. The third kappa shape index (κ3) is 2.73. The Morgan fingerprint density at radius 2 is 2.04 bits per heavy atom. The molecule has 7 heteroatoms. The summed E-state index contributed by atoms with van der Waals surface area (Å²) in [5, 5.41) is 3.01. The molecule has 0 aromatic heterocycles. The van der Waals surface area contributed by atoms with Crippen molar-refractivity contribution in [3.8, 4) is 0 Å². The van der Waals surface area contributed by atoms with Crippen LogP contribution in [0.1, 0.15) is 23.2 Å². The van der Waals surface area contributed by atoms with E-state index in [2.05, 4.69) is 22.3 Å². The van der Waals surface area contributed by atoms with Gasteiger partial charge in [0.05, 0.1) is 17.3 Å². The molecule has 3 amide bonds. The van der Waals surface area contributed by atoms with Gasteiger partial charge in [-0.25, -0.2) is 4.79 Å². The molecule has 0 bridgehead atoms. The van der Waals surface area contributed by atoms with Gasteiger partial charge in [0.2, 0.25) is 0 Å². The number of anilines is 1. The second kappa shape index (κ2) is 6.44. The third-order valence-corrected chi connectivity index (χ3v) is 6.48. The maximum absolute atomic E-state index is 13.7. The van der Waals surface area contributed by atoms with Crippen molar-refractivity contribution in [3.63, 3.8) is 0 Å². The Morgan fingerprint density at radius 3 is 2.86 bits per heavy atom. The lowest BCUT2D eigenvalue weighted by Gasteiger charge is -2.35. The van der Waals surface area contributed by atoms with Gasteiger partial charge in [-0.3, -0.25) is 14.7 Å². The Labute approximate surface area is 164 Å². The predicted molar refractivity (Wildman–Crippen MR) is 108 cm³/mol. The highest BCUT2D eigenvalue weighted by Crippen LogP contribution is 2.40. The highest BCUT2D eigenvalue weighted by Gasteiger charge is 2.47. The first kappa shape index (κ1) is 17.4. The number of hydrogen-bond acceptors (Lipinski definition) is 4. The molecule has 7 nitrogen and oxygen atoms in total. The number of carbonyl (C=O) groups is 2. The molecule has 1 N–H and O–H groups in total. The van der Waals surface area contributed by atoms with Crippen molar-refractivity contribution in [2.75, 3.05) is 38.1 Å². The summed E-state index contributed by atoms with van der Waals surface area (Å²) >= 11 is 0. The number of aliphatic imine (C=N–C) groups is 1. The van der Waals surface area contributed by atoms with E-state index in [9.17, 15) is 9.59 Å². The van der Waals surface area contributed by atoms with Gasteiger partial charge in [-0.05, 0) is 44.6 Å². The van der Waals surface area contributed by atoms with Crippen LogP contribution in [0.25, 0.3) is 0 Å². The molecule has 0 aliphatic carbocycles. The fourth-order valence-corrected chi connectivity index (χ4v) is 5.06. The first-order valence-corrected chi connectivity index (χ1v) is 9.93. The van der Waals surface area contributed by atoms with Gasteiger partial charge in [-0.15, -0.1) is 0 Å². The summed E-state index contributed by atoms with van der Waals surface area (Å²) in [6, 6.07) is 6.92. The maximum Gasteiger partial charge on any atom is 0.326 e. The van der Waals surface area contributed by atoms with E-state index in [1.165, 1.54) is 0 Å². The molecule has 3 unspecified atom stereocenters. The van der Waals surface area contributed by atoms with Gasteiger partial charge in [0.25, 0.3) is 5.91 Å². The number of dihydropyridines is 1. The number of amides is 3. The van der Waals surface area contributed by atoms with E-state index in [-0.39, 0.29) is 23.4 Å². The predicted octanol–water partition coefficient (Wildman–Crippen LogP) is 1.72. The molecule has 3 atom stereocenters. The van der Waals surface area contributed by atoms with Crippen LogP contribution in [0.4, 0.5) is 10.5 Å². The molecular weight excluding hydrogens is 354 g/mol. The van der Waals surface area contributed by atoms with E-state index < -0.39 is 6.17 Å². The van der Waals surface area contributed by atoms with Gasteiger partial charge in [0, 0.05) is 31.3 Å². The van der Waals surface area contributed by atoms with Crippen LogP contribution in [-0.4, -0.2) is 73.4 Å². The molecule has 4 aliphatic heterocycles. The van der Waals surface area contributed by atoms with Crippen LogP contribution in [0.5, 0.6) is 0 Å². The number of benzene rings is 1. The van der Waals surface area contributed by atoms with E-state index in [0.29, 0.717) is 11.3 Å². The minimum Gasteiger partial charge on any atom is -0.342 e. The van der Waals surface area contributed by atoms with E-state index in [1.54, 1.807) is 17.2 Å². The van der Waals surface area contributed by atoms with Crippen LogP contribution in [0.3, 0.4) is 0 Å². The molecule has 28 heavy (non-hydrogen) atoms. The first-order valence-electron chi connectivity index (χ1n) is 9.93. The Hall–Kier alpha value is -2.67.